The van der Waals surface area contributed by atoms with Crippen LogP contribution in [0, 0.1) is 0 Å². The van der Waals surface area contributed by atoms with Gasteiger partial charge in [0.15, 0.2) is 5.78 Å². The number of hydrogen-bond acceptors (Lipinski definition) is 11. The Kier molecular flexibility index (Phi) is 12.0. The van der Waals surface area contributed by atoms with E-state index in [1.807, 2.05) is 25.9 Å². The number of Topliss-reactive ketones (excluding diaryl/α,β-unsaturated/α-hetero) is 1. The third-order valence-corrected chi connectivity index (χ3v) is 8.41. The van der Waals surface area contributed by atoms with E-state index in [9.17, 15) is 24.0 Å². The molecule has 1 aliphatic rings. The van der Waals surface area contributed by atoms with Crippen LogP contribution < -0.4 is 16.0 Å². The van der Waals surface area contributed by atoms with Crippen LogP contribution in [0.25, 0.3) is 10.7 Å². The number of carbonyl (C=O) groups excluding carboxylic acids is 5. The highest BCUT2D eigenvalue weighted by Gasteiger charge is 2.35. The number of ketones is 1. The molecule has 1 atom stereocenters. The molecule has 0 aliphatic carbocycles. The lowest BCUT2D eigenvalue weighted by Gasteiger charge is -2.28. The van der Waals surface area contributed by atoms with Gasteiger partial charge in [-0.1, -0.05) is 0 Å². The number of amides is 4. The van der Waals surface area contributed by atoms with Gasteiger partial charge in [0.1, 0.15) is 27.0 Å². The molecule has 3 N–H and O–H groups in total. The molecule has 0 aromatic carbocycles. The molecule has 13 nitrogen and oxygen atoms in total. The van der Waals surface area contributed by atoms with Crippen molar-refractivity contribution in [2.45, 2.75) is 84.5 Å². The minimum absolute atomic E-state index is 0.109. The number of rotatable bonds is 12. The van der Waals surface area contributed by atoms with Gasteiger partial charge in [-0.05, 0) is 68.5 Å². The average Bonchev–Trinajstić information content (AvgIpc) is 3.66. The fraction of sp³-hybridized carbons (Fsp3) is 0.567. The zero-order valence-corrected chi connectivity index (χ0v) is 28.7. The average molecular weight is 662 g/mol. The highest BCUT2D eigenvalue weighted by Crippen LogP contribution is 2.29. The van der Waals surface area contributed by atoms with Crippen LogP contribution in [0.5, 0.6) is 0 Å². The van der Waals surface area contributed by atoms with Crippen LogP contribution in [0.3, 0.4) is 0 Å². The van der Waals surface area contributed by atoms with Crippen molar-refractivity contribution in [2.24, 2.45) is 0 Å². The summed E-state index contributed by atoms with van der Waals surface area (Å²) in [6, 6.07) is -0.130. The second kappa shape index (κ2) is 15.1. The summed E-state index contributed by atoms with van der Waals surface area (Å²) in [5.74, 6) is -1.78. The Bertz CT molecular complexity index is 1440. The van der Waals surface area contributed by atoms with Gasteiger partial charge in [-0.25, -0.2) is 14.8 Å². The van der Waals surface area contributed by atoms with Crippen LogP contribution in [0.2, 0.25) is 0 Å². The molecule has 1 aliphatic heterocycles. The molecule has 1 fully saturated rings. The normalized spacial score (nSPS) is 16.2. The predicted octanol–water partition coefficient (Wildman–Crippen LogP) is 3.33. The molecule has 3 heterocycles. The Balaban J connectivity index is 1.50. The molecule has 0 unspecified atom stereocenters. The number of ether oxygens (including phenoxy) is 1. The topological polar surface area (TPSA) is 163 Å². The minimum atomic E-state index is -1.33. The number of aromatic nitrogens is 2. The van der Waals surface area contributed by atoms with Crippen LogP contribution >= 0.6 is 22.7 Å². The molecule has 0 bridgehead atoms. The predicted molar refractivity (Wildman–Crippen MR) is 173 cm³/mol. The minimum Gasteiger partial charge on any atom is -0.443 e. The standard InChI is InChI=1S/C30H43N7O6S2/c1-18-9-10-19(37(18)28(42)43-29(2,3)4)13-24(40)35-30(5,6)22(38)14-23(39)32-15-25-33-21(17-44-25)27-34-20(16-45-27)26(41)31-11-12-36(7)8/h13,16-18H,9-12,14-15H2,1-8H3,(H,31,41)(H,32,39)(H,35,40)/b19-13-/t18-/m0/s1. The largest absolute Gasteiger partial charge is 0.443 e. The molecule has 0 spiro atoms. The molecule has 15 heteroatoms. The van der Waals surface area contributed by atoms with Gasteiger partial charge in [0.05, 0.1) is 18.5 Å². The molecule has 2 aromatic rings. The van der Waals surface area contributed by atoms with E-state index < -0.39 is 41.3 Å². The molecule has 2 aromatic heterocycles. The van der Waals surface area contributed by atoms with E-state index in [-0.39, 0.29) is 18.5 Å². The molecule has 1 saturated heterocycles. The van der Waals surface area contributed by atoms with E-state index in [2.05, 4.69) is 25.9 Å². The van der Waals surface area contributed by atoms with Crippen molar-refractivity contribution < 1.29 is 28.7 Å². The first-order valence-electron chi connectivity index (χ1n) is 14.6. The molecule has 4 amide bonds. The summed E-state index contributed by atoms with van der Waals surface area (Å²) in [4.78, 5) is 75.7. The monoisotopic (exact) mass is 661 g/mol. The van der Waals surface area contributed by atoms with Gasteiger partial charge in [0.25, 0.3) is 5.91 Å². The van der Waals surface area contributed by atoms with Crippen molar-refractivity contribution in [3.8, 4) is 10.7 Å². The second-order valence-corrected chi connectivity index (χ2v) is 14.4. The zero-order valence-electron chi connectivity index (χ0n) is 27.1. The summed E-state index contributed by atoms with van der Waals surface area (Å²) in [6.07, 6.45) is 1.54. The van der Waals surface area contributed by atoms with Gasteiger partial charge in [-0.3, -0.25) is 24.1 Å². The van der Waals surface area contributed by atoms with Crippen molar-refractivity contribution in [2.75, 3.05) is 27.2 Å². The summed E-state index contributed by atoms with van der Waals surface area (Å²) in [5.41, 5.74) is -0.589. The van der Waals surface area contributed by atoms with Crippen LogP contribution in [0.1, 0.15) is 76.3 Å². The molecular formula is C30H43N7O6S2. The Morgan fingerprint density at radius 3 is 2.44 bits per heavy atom. The van der Waals surface area contributed by atoms with Gasteiger partial charge < -0.3 is 25.6 Å². The zero-order chi connectivity index (χ0) is 33.5. The summed E-state index contributed by atoms with van der Waals surface area (Å²) in [6.45, 7) is 11.6. The fourth-order valence-electron chi connectivity index (χ4n) is 4.28. The van der Waals surface area contributed by atoms with Crippen molar-refractivity contribution in [3.63, 3.8) is 0 Å². The molecular weight excluding hydrogens is 619 g/mol. The van der Waals surface area contributed by atoms with Crippen molar-refractivity contribution in [1.29, 1.82) is 0 Å². The number of nitrogens with zero attached hydrogens (tertiary/aromatic N) is 4. The number of nitrogens with one attached hydrogen (secondary N) is 3. The highest BCUT2D eigenvalue weighted by atomic mass is 32.1. The van der Waals surface area contributed by atoms with Gasteiger partial charge in [-0.2, -0.15) is 0 Å². The summed E-state index contributed by atoms with van der Waals surface area (Å²) >= 11 is 2.63. The lowest BCUT2D eigenvalue weighted by Crippen LogP contribution is -2.50. The summed E-state index contributed by atoms with van der Waals surface area (Å²) in [5, 5.41) is 12.8. The third-order valence-electron chi connectivity index (χ3n) is 6.70. The highest BCUT2D eigenvalue weighted by molar-refractivity contribution is 7.14. The second-order valence-electron chi connectivity index (χ2n) is 12.6. The summed E-state index contributed by atoms with van der Waals surface area (Å²) < 4.78 is 5.49. The van der Waals surface area contributed by atoms with E-state index in [4.69, 9.17) is 4.74 Å². The van der Waals surface area contributed by atoms with Crippen molar-refractivity contribution in [3.05, 3.63) is 33.2 Å². The first-order valence-corrected chi connectivity index (χ1v) is 16.4. The maximum Gasteiger partial charge on any atom is 0.414 e. The molecule has 0 radical (unpaired) electrons. The first kappa shape index (κ1) is 35.8. The molecule has 246 valence electrons. The number of likely N-dealkylation sites (tertiary alicyclic amines) is 1. The lowest BCUT2D eigenvalue weighted by molar-refractivity contribution is -0.133. The van der Waals surface area contributed by atoms with Crippen molar-refractivity contribution >= 4 is 52.3 Å². The maximum absolute atomic E-state index is 13.0. The van der Waals surface area contributed by atoms with Crippen LogP contribution in [0.4, 0.5) is 4.79 Å². The molecule has 3 rings (SSSR count). The van der Waals surface area contributed by atoms with E-state index in [1.165, 1.54) is 47.5 Å². The van der Waals surface area contributed by atoms with Crippen LogP contribution in [0.15, 0.2) is 22.5 Å². The Morgan fingerprint density at radius 1 is 1.07 bits per heavy atom. The van der Waals surface area contributed by atoms with E-state index in [0.717, 1.165) is 6.54 Å². The van der Waals surface area contributed by atoms with E-state index in [0.29, 0.717) is 46.5 Å². The SMILES string of the molecule is C[C@H]1CC/C(=C/C(=O)NC(C)(C)C(=O)CC(=O)NCc2nc(-c3nc(C(=O)NCCN(C)C)cs3)cs2)N1C(=O)OC(C)(C)C. The number of thiazole rings is 2. The smallest absolute Gasteiger partial charge is 0.414 e. The maximum atomic E-state index is 13.0. The van der Waals surface area contributed by atoms with Gasteiger partial charge in [0, 0.05) is 41.7 Å². The van der Waals surface area contributed by atoms with Crippen molar-refractivity contribution in [1.82, 2.24) is 35.7 Å². The Morgan fingerprint density at radius 2 is 1.78 bits per heavy atom. The number of carbonyl (C=O) groups is 5. The van der Waals surface area contributed by atoms with Crippen LogP contribution in [-0.2, 0) is 25.7 Å². The van der Waals surface area contributed by atoms with Gasteiger partial charge in [-0.15, -0.1) is 22.7 Å². The molecule has 0 saturated carbocycles. The number of hydrogen-bond donors (Lipinski definition) is 3. The van der Waals surface area contributed by atoms with Gasteiger partial charge >= 0.3 is 6.09 Å². The first-order chi connectivity index (χ1) is 20.9. The molecule has 45 heavy (non-hydrogen) atoms. The number of likely N-dealkylation sites (N-methyl/N-ethyl adjacent to an activating group) is 1. The van der Waals surface area contributed by atoms with Crippen LogP contribution in [-0.4, -0.2) is 93.7 Å². The lowest BCUT2D eigenvalue weighted by atomic mass is 9.96. The van der Waals surface area contributed by atoms with E-state index >= 15 is 0 Å². The Labute approximate surface area is 271 Å². The van der Waals surface area contributed by atoms with E-state index in [1.54, 1.807) is 31.5 Å². The summed E-state index contributed by atoms with van der Waals surface area (Å²) in [7, 11) is 3.85. The third kappa shape index (κ3) is 10.7. The van der Waals surface area contributed by atoms with Gasteiger partial charge in [0.2, 0.25) is 11.8 Å². The Hall–Kier alpha value is -3.69. The fourth-order valence-corrected chi connectivity index (χ4v) is 5.83. The number of allylic oxidation sites excluding steroid dienone is 1. The quantitative estimate of drug-likeness (QED) is 0.229.